The quantitative estimate of drug-likeness (QED) is 0.360. The van der Waals surface area contributed by atoms with Gasteiger partial charge >= 0.3 is 0 Å². The first-order valence-electron chi connectivity index (χ1n) is 6.02. The Morgan fingerprint density at radius 3 is 1.45 bits per heavy atom. The molecule has 0 unspecified atom stereocenters. The van der Waals surface area contributed by atoms with E-state index in [1.165, 1.54) is 0 Å². The average Bonchev–Trinajstić information content (AvgIpc) is 2.48. The summed E-state index contributed by atoms with van der Waals surface area (Å²) in [5, 5.41) is -0.269. The topological polar surface area (TPSA) is 17.1 Å². The van der Waals surface area contributed by atoms with Crippen LogP contribution in [0.15, 0.2) is 24.3 Å². The van der Waals surface area contributed by atoms with Crippen LogP contribution in [-0.4, -0.2) is 5.78 Å². The lowest BCUT2D eigenvalue weighted by Gasteiger charge is -2.10. The van der Waals surface area contributed by atoms with E-state index in [4.69, 9.17) is 0 Å². The third-order valence-corrected chi connectivity index (χ3v) is 4.25. The minimum absolute atomic E-state index is 0.135. The van der Waals surface area contributed by atoms with Crippen LogP contribution in [0.25, 0.3) is 0 Å². The number of alkyl halides is 2. The van der Waals surface area contributed by atoms with Crippen LogP contribution in [-0.2, 0) is 10.7 Å². The predicted molar refractivity (Wildman–Crippen MR) is 81.4 cm³/mol. The standard InChI is InChI=1S/C15H8Br2F4O/c16-5-9-11(18)3-1-7(13(9)20)15(22)8-2-4-12(19)10(6-17)14(8)21/h1-4H,5-6H2. The first-order chi connectivity index (χ1) is 10.4. The molecule has 0 atom stereocenters. The van der Waals surface area contributed by atoms with Gasteiger partial charge in [-0.2, -0.15) is 0 Å². The van der Waals surface area contributed by atoms with Crippen molar-refractivity contribution in [2.75, 3.05) is 0 Å². The zero-order valence-corrected chi connectivity index (χ0v) is 14.1. The third kappa shape index (κ3) is 2.96. The second-order valence-electron chi connectivity index (χ2n) is 4.37. The van der Waals surface area contributed by atoms with Crippen LogP contribution in [0.2, 0.25) is 0 Å². The Hall–Kier alpha value is -1.21. The number of carbonyl (C=O) groups is 1. The second-order valence-corrected chi connectivity index (χ2v) is 5.49. The summed E-state index contributed by atoms with van der Waals surface area (Å²) in [6.07, 6.45) is 0. The van der Waals surface area contributed by atoms with Gasteiger partial charge in [0, 0.05) is 21.8 Å². The van der Waals surface area contributed by atoms with Crippen LogP contribution in [0.3, 0.4) is 0 Å². The van der Waals surface area contributed by atoms with Gasteiger partial charge in [-0.05, 0) is 24.3 Å². The van der Waals surface area contributed by atoms with E-state index in [2.05, 4.69) is 31.9 Å². The van der Waals surface area contributed by atoms with Gasteiger partial charge in [-0.3, -0.25) is 4.79 Å². The Morgan fingerprint density at radius 1 is 0.773 bits per heavy atom. The molecule has 2 aromatic carbocycles. The normalized spacial score (nSPS) is 10.8. The highest BCUT2D eigenvalue weighted by Crippen LogP contribution is 2.25. The molecule has 0 N–H and O–H groups in total. The Morgan fingerprint density at radius 2 is 1.14 bits per heavy atom. The van der Waals surface area contributed by atoms with Gasteiger partial charge in [0.25, 0.3) is 0 Å². The van der Waals surface area contributed by atoms with E-state index in [1.54, 1.807) is 0 Å². The van der Waals surface area contributed by atoms with E-state index in [0.29, 0.717) is 0 Å². The Balaban J connectivity index is 2.59. The molecule has 0 saturated carbocycles. The summed E-state index contributed by atoms with van der Waals surface area (Å²) in [6, 6.07) is 3.74. The molecule has 0 radical (unpaired) electrons. The molecule has 0 amide bonds. The van der Waals surface area contributed by atoms with Gasteiger partial charge < -0.3 is 0 Å². The Labute approximate surface area is 140 Å². The van der Waals surface area contributed by atoms with Gasteiger partial charge in [-0.1, -0.05) is 31.9 Å². The lowest BCUT2D eigenvalue weighted by atomic mass is 9.98. The van der Waals surface area contributed by atoms with E-state index in [-0.39, 0.29) is 21.8 Å². The van der Waals surface area contributed by atoms with Crippen LogP contribution in [0.1, 0.15) is 27.0 Å². The van der Waals surface area contributed by atoms with Crippen molar-refractivity contribution >= 4 is 37.6 Å². The number of rotatable bonds is 4. The molecule has 0 aromatic heterocycles. The molecule has 0 fully saturated rings. The number of ketones is 1. The van der Waals surface area contributed by atoms with Gasteiger partial charge in [0.15, 0.2) is 5.78 Å². The van der Waals surface area contributed by atoms with Crippen molar-refractivity contribution in [2.24, 2.45) is 0 Å². The molecule has 0 aliphatic carbocycles. The zero-order valence-electron chi connectivity index (χ0n) is 10.9. The van der Waals surface area contributed by atoms with Crippen molar-refractivity contribution in [1.29, 1.82) is 0 Å². The number of hydrogen-bond acceptors (Lipinski definition) is 1. The van der Waals surface area contributed by atoms with E-state index in [9.17, 15) is 22.4 Å². The van der Waals surface area contributed by atoms with Crippen molar-refractivity contribution in [3.63, 3.8) is 0 Å². The van der Waals surface area contributed by atoms with Crippen LogP contribution in [0.5, 0.6) is 0 Å². The van der Waals surface area contributed by atoms with Gasteiger partial charge in [-0.15, -0.1) is 0 Å². The number of benzene rings is 2. The molecule has 0 saturated heterocycles. The molecule has 0 spiro atoms. The summed E-state index contributed by atoms with van der Waals surface area (Å²) in [7, 11) is 0. The first-order valence-corrected chi connectivity index (χ1v) is 8.27. The van der Waals surface area contributed by atoms with Crippen molar-refractivity contribution in [3.8, 4) is 0 Å². The maximum Gasteiger partial charge on any atom is 0.198 e. The van der Waals surface area contributed by atoms with Gasteiger partial charge in [0.2, 0.25) is 0 Å². The molecule has 22 heavy (non-hydrogen) atoms. The largest absolute Gasteiger partial charge is 0.288 e. The average molecular weight is 440 g/mol. The summed E-state index contributed by atoms with van der Waals surface area (Å²) in [4.78, 5) is 12.3. The van der Waals surface area contributed by atoms with Crippen LogP contribution < -0.4 is 0 Å². The molecule has 0 bridgehead atoms. The van der Waals surface area contributed by atoms with E-state index >= 15 is 0 Å². The summed E-state index contributed by atoms with van der Waals surface area (Å²) < 4.78 is 55.2. The molecule has 1 nitrogen and oxygen atoms in total. The molecule has 2 aromatic rings. The number of hydrogen-bond donors (Lipinski definition) is 0. The highest BCUT2D eigenvalue weighted by Gasteiger charge is 2.23. The fourth-order valence-corrected chi connectivity index (χ4v) is 2.96. The first kappa shape index (κ1) is 17.1. The van der Waals surface area contributed by atoms with Crippen molar-refractivity contribution in [2.45, 2.75) is 10.7 Å². The van der Waals surface area contributed by atoms with Gasteiger partial charge in [0.1, 0.15) is 23.3 Å². The molecule has 0 aliphatic rings. The van der Waals surface area contributed by atoms with Gasteiger partial charge in [0.05, 0.1) is 11.1 Å². The van der Waals surface area contributed by atoms with Crippen LogP contribution >= 0.6 is 31.9 Å². The summed E-state index contributed by atoms with van der Waals surface area (Å²) in [5.41, 5.74) is -1.59. The minimum atomic E-state index is -1.06. The minimum Gasteiger partial charge on any atom is -0.288 e. The zero-order chi connectivity index (χ0) is 16.4. The molecule has 7 heteroatoms. The highest BCUT2D eigenvalue weighted by atomic mass is 79.9. The van der Waals surface area contributed by atoms with Gasteiger partial charge in [-0.25, -0.2) is 17.6 Å². The lowest BCUT2D eigenvalue weighted by molar-refractivity contribution is 0.103. The van der Waals surface area contributed by atoms with Crippen molar-refractivity contribution in [1.82, 2.24) is 0 Å². The molecule has 0 heterocycles. The Bertz CT molecular complexity index is 685. The van der Waals surface area contributed by atoms with Crippen LogP contribution in [0.4, 0.5) is 17.6 Å². The third-order valence-electron chi connectivity index (χ3n) is 3.13. The fourth-order valence-electron chi connectivity index (χ4n) is 1.94. The number of halogens is 6. The van der Waals surface area contributed by atoms with E-state index in [0.717, 1.165) is 24.3 Å². The van der Waals surface area contributed by atoms with E-state index in [1.807, 2.05) is 0 Å². The molecule has 0 aliphatic heterocycles. The van der Waals surface area contributed by atoms with E-state index < -0.39 is 40.2 Å². The Kier molecular flexibility index (Phi) is 5.39. The molecular formula is C15H8Br2F4O. The fraction of sp³-hybridized carbons (Fsp3) is 0.133. The number of carbonyl (C=O) groups excluding carboxylic acids is 1. The predicted octanol–water partition coefficient (Wildman–Crippen LogP) is 5.26. The highest BCUT2D eigenvalue weighted by molar-refractivity contribution is 9.08. The molecule has 2 rings (SSSR count). The SMILES string of the molecule is O=C(c1ccc(F)c(CBr)c1F)c1ccc(F)c(CBr)c1F. The maximum absolute atomic E-state index is 14.2. The second kappa shape index (κ2) is 6.91. The summed E-state index contributed by atoms with van der Waals surface area (Å²) in [6.45, 7) is 0. The molecule has 116 valence electrons. The smallest absolute Gasteiger partial charge is 0.198 e. The monoisotopic (exact) mass is 438 g/mol. The van der Waals surface area contributed by atoms with Crippen molar-refractivity contribution in [3.05, 3.63) is 69.8 Å². The van der Waals surface area contributed by atoms with Crippen LogP contribution in [0, 0.1) is 23.3 Å². The lowest BCUT2D eigenvalue weighted by Crippen LogP contribution is -2.11. The summed E-state index contributed by atoms with van der Waals surface area (Å²) in [5.74, 6) is -4.73. The summed E-state index contributed by atoms with van der Waals surface area (Å²) >= 11 is 5.85. The molecular weight excluding hydrogens is 432 g/mol. The van der Waals surface area contributed by atoms with Crippen molar-refractivity contribution < 1.29 is 22.4 Å². The maximum atomic E-state index is 14.2.